The van der Waals surface area contributed by atoms with E-state index in [2.05, 4.69) is 0 Å². The number of rotatable bonds is 7. The second kappa shape index (κ2) is 7.92. The lowest BCUT2D eigenvalue weighted by molar-refractivity contribution is -0.130. The standard InChI is InChI=1S/C14H19ClN2O2/c1-2-17(10-9-16)14(19)8-7-13(18)11-3-5-12(15)6-4-11/h3-6H,2,7-10,16H2,1H3. The van der Waals surface area contributed by atoms with E-state index in [-0.39, 0.29) is 24.5 Å². The van der Waals surface area contributed by atoms with E-state index in [0.29, 0.717) is 30.2 Å². The molecule has 2 N–H and O–H groups in total. The molecule has 104 valence electrons. The van der Waals surface area contributed by atoms with Crippen LogP contribution in [0.25, 0.3) is 0 Å². The highest BCUT2D eigenvalue weighted by Gasteiger charge is 2.13. The van der Waals surface area contributed by atoms with Crippen LogP contribution in [0.5, 0.6) is 0 Å². The quantitative estimate of drug-likeness (QED) is 0.779. The zero-order chi connectivity index (χ0) is 14.3. The van der Waals surface area contributed by atoms with E-state index in [1.54, 1.807) is 29.2 Å². The molecule has 0 radical (unpaired) electrons. The molecular weight excluding hydrogens is 264 g/mol. The lowest BCUT2D eigenvalue weighted by Crippen LogP contribution is -2.35. The number of Topliss-reactive ketones (excluding diaryl/α,β-unsaturated/α-hetero) is 1. The fourth-order valence-electron chi connectivity index (χ4n) is 1.77. The molecule has 0 spiro atoms. The molecule has 0 bridgehead atoms. The Morgan fingerprint density at radius 2 is 1.84 bits per heavy atom. The molecule has 0 unspecified atom stereocenters. The Balaban J connectivity index is 2.49. The van der Waals surface area contributed by atoms with Crippen molar-refractivity contribution in [2.45, 2.75) is 19.8 Å². The third kappa shape index (κ3) is 5.01. The number of halogens is 1. The normalized spacial score (nSPS) is 10.3. The Kier molecular flexibility index (Phi) is 6.53. The second-order valence-corrected chi connectivity index (χ2v) is 4.63. The molecule has 1 amide bonds. The summed E-state index contributed by atoms with van der Waals surface area (Å²) in [6, 6.07) is 6.69. The van der Waals surface area contributed by atoms with Gasteiger partial charge in [-0.15, -0.1) is 0 Å². The van der Waals surface area contributed by atoms with Crippen molar-refractivity contribution in [1.29, 1.82) is 0 Å². The van der Waals surface area contributed by atoms with E-state index < -0.39 is 0 Å². The number of nitrogens with two attached hydrogens (primary N) is 1. The summed E-state index contributed by atoms with van der Waals surface area (Å²) in [5.74, 6) is -0.0796. The van der Waals surface area contributed by atoms with Crippen LogP contribution in [0.2, 0.25) is 5.02 Å². The smallest absolute Gasteiger partial charge is 0.223 e. The maximum Gasteiger partial charge on any atom is 0.223 e. The van der Waals surface area contributed by atoms with Gasteiger partial charge in [0.2, 0.25) is 5.91 Å². The number of likely N-dealkylation sites (N-methyl/N-ethyl adjacent to an activating group) is 1. The van der Waals surface area contributed by atoms with Gasteiger partial charge in [0.1, 0.15) is 0 Å². The summed E-state index contributed by atoms with van der Waals surface area (Å²) >= 11 is 5.76. The fourth-order valence-corrected chi connectivity index (χ4v) is 1.90. The van der Waals surface area contributed by atoms with Gasteiger partial charge < -0.3 is 10.6 Å². The van der Waals surface area contributed by atoms with Crippen LogP contribution in [0.4, 0.5) is 0 Å². The first kappa shape index (κ1) is 15.7. The maximum atomic E-state index is 11.9. The topological polar surface area (TPSA) is 63.4 Å². The fraction of sp³-hybridized carbons (Fsp3) is 0.429. The van der Waals surface area contributed by atoms with Gasteiger partial charge in [0.05, 0.1) is 0 Å². The summed E-state index contributed by atoms with van der Waals surface area (Å²) in [5, 5.41) is 0.590. The molecule has 0 aliphatic carbocycles. The van der Waals surface area contributed by atoms with Crippen molar-refractivity contribution >= 4 is 23.3 Å². The SMILES string of the molecule is CCN(CCN)C(=O)CCC(=O)c1ccc(Cl)cc1. The zero-order valence-electron chi connectivity index (χ0n) is 11.1. The zero-order valence-corrected chi connectivity index (χ0v) is 11.8. The highest BCUT2D eigenvalue weighted by atomic mass is 35.5. The van der Waals surface area contributed by atoms with Crippen LogP contribution in [0.15, 0.2) is 24.3 Å². The minimum Gasteiger partial charge on any atom is -0.342 e. The van der Waals surface area contributed by atoms with Gasteiger partial charge in [-0.05, 0) is 31.2 Å². The van der Waals surface area contributed by atoms with Crippen LogP contribution < -0.4 is 5.73 Å². The largest absolute Gasteiger partial charge is 0.342 e. The van der Waals surface area contributed by atoms with E-state index in [1.807, 2.05) is 6.92 Å². The van der Waals surface area contributed by atoms with Gasteiger partial charge in [0, 0.05) is 43.1 Å². The Hall–Kier alpha value is -1.39. The van der Waals surface area contributed by atoms with E-state index >= 15 is 0 Å². The predicted molar refractivity (Wildman–Crippen MR) is 76.3 cm³/mol. The molecule has 5 heteroatoms. The number of nitrogens with zero attached hydrogens (tertiary/aromatic N) is 1. The molecule has 0 atom stereocenters. The lowest BCUT2D eigenvalue weighted by atomic mass is 10.1. The first-order chi connectivity index (χ1) is 9.08. The monoisotopic (exact) mass is 282 g/mol. The van der Waals surface area contributed by atoms with Gasteiger partial charge in [-0.25, -0.2) is 0 Å². The number of carbonyl (C=O) groups excluding carboxylic acids is 2. The first-order valence-electron chi connectivity index (χ1n) is 6.35. The molecule has 1 aromatic rings. The van der Waals surface area contributed by atoms with Crippen LogP contribution in [0.3, 0.4) is 0 Å². The van der Waals surface area contributed by atoms with E-state index in [4.69, 9.17) is 17.3 Å². The minimum atomic E-state index is -0.0474. The van der Waals surface area contributed by atoms with Crippen molar-refractivity contribution in [2.24, 2.45) is 5.73 Å². The molecule has 1 aromatic carbocycles. The highest BCUT2D eigenvalue weighted by Crippen LogP contribution is 2.12. The Labute approximate surface area is 118 Å². The summed E-state index contributed by atoms with van der Waals surface area (Å²) in [6.07, 6.45) is 0.427. The van der Waals surface area contributed by atoms with E-state index in [0.717, 1.165) is 0 Å². The van der Waals surface area contributed by atoms with Crippen molar-refractivity contribution < 1.29 is 9.59 Å². The van der Waals surface area contributed by atoms with Crippen molar-refractivity contribution in [3.63, 3.8) is 0 Å². The van der Waals surface area contributed by atoms with Crippen molar-refractivity contribution in [2.75, 3.05) is 19.6 Å². The number of benzene rings is 1. The molecular formula is C14H19ClN2O2. The summed E-state index contributed by atoms with van der Waals surface area (Å²) in [6.45, 7) is 3.48. The lowest BCUT2D eigenvalue weighted by Gasteiger charge is -2.19. The van der Waals surface area contributed by atoms with Crippen LogP contribution >= 0.6 is 11.6 Å². The molecule has 0 aliphatic heterocycles. The van der Waals surface area contributed by atoms with Gasteiger partial charge in [-0.3, -0.25) is 9.59 Å². The number of hydrogen-bond donors (Lipinski definition) is 1. The summed E-state index contributed by atoms with van der Waals surface area (Å²) in [5.41, 5.74) is 6.01. The van der Waals surface area contributed by atoms with Gasteiger partial charge in [0.15, 0.2) is 5.78 Å². The molecule has 0 aromatic heterocycles. The summed E-state index contributed by atoms with van der Waals surface area (Å²) in [7, 11) is 0. The average Bonchev–Trinajstić information content (AvgIpc) is 2.42. The Morgan fingerprint density at radius 1 is 1.21 bits per heavy atom. The van der Waals surface area contributed by atoms with Gasteiger partial charge in [-0.1, -0.05) is 11.6 Å². The molecule has 0 saturated carbocycles. The van der Waals surface area contributed by atoms with Gasteiger partial charge in [0.25, 0.3) is 0 Å². The van der Waals surface area contributed by atoms with Crippen LogP contribution in [-0.2, 0) is 4.79 Å². The second-order valence-electron chi connectivity index (χ2n) is 4.19. The first-order valence-corrected chi connectivity index (χ1v) is 6.73. The van der Waals surface area contributed by atoms with Crippen molar-refractivity contribution in [1.82, 2.24) is 4.90 Å². The van der Waals surface area contributed by atoms with Crippen molar-refractivity contribution in [3.05, 3.63) is 34.9 Å². The number of hydrogen-bond acceptors (Lipinski definition) is 3. The van der Waals surface area contributed by atoms with Crippen LogP contribution in [-0.4, -0.2) is 36.2 Å². The number of amides is 1. The Morgan fingerprint density at radius 3 is 2.37 bits per heavy atom. The van der Waals surface area contributed by atoms with E-state index in [9.17, 15) is 9.59 Å². The Bertz CT molecular complexity index is 432. The average molecular weight is 283 g/mol. The molecule has 0 aliphatic rings. The van der Waals surface area contributed by atoms with E-state index in [1.165, 1.54) is 0 Å². The van der Waals surface area contributed by atoms with Gasteiger partial charge >= 0.3 is 0 Å². The van der Waals surface area contributed by atoms with Crippen LogP contribution in [0, 0.1) is 0 Å². The molecule has 19 heavy (non-hydrogen) atoms. The van der Waals surface area contributed by atoms with Crippen LogP contribution in [0.1, 0.15) is 30.1 Å². The number of ketones is 1. The summed E-state index contributed by atoms with van der Waals surface area (Å²) < 4.78 is 0. The highest BCUT2D eigenvalue weighted by molar-refractivity contribution is 6.30. The third-order valence-electron chi connectivity index (χ3n) is 2.87. The van der Waals surface area contributed by atoms with Crippen molar-refractivity contribution in [3.8, 4) is 0 Å². The predicted octanol–water partition coefficient (Wildman–Crippen LogP) is 2.11. The maximum absolute atomic E-state index is 11.9. The molecule has 0 fully saturated rings. The van der Waals surface area contributed by atoms with Gasteiger partial charge in [-0.2, -0.15) is 0 Å². The number of carbonyl (C=O) groups is 2. The molecule has 0 heterocycles. The third-order valence-corrected chi connectivity index (χ3v) is 3.12. The molecule has 4 nitrogen and oxygen atoms in total. The molecule has 0 saturated heterocycles. The minimum absolute atomic E-state index is 0.0322. The molecule has 1 rings (SSSR count). The summed E-state index contributed by atoms with van der Waals surface area (Å²) in [4.78, 5) is 25.4.